The summed E-state index contributed by atoms with van der Waals surface area (Å²) in [5.74, 6) is 0.668. The molecule has 2 aromatic rings. The van der Waals surface area contributed by atoms with Crippen LogP contribution in [0, 0.1) is 0 Å². The number of benzene rings is 2. The maximum atomic E-state index is 13.1. The Morgan fingerprint density at radius 3 is 1.50 bits per heavy atom. The van der Waals surface area contributed by atoms with Crippen LogP contribution in [-0.4, -0.2) is 14.5 Å². The molecule has 0 aliphatic heterocycles. The zero-order valence-electron chi connectivity index (χ0n) is 25.5. The third kappa shape index (κ3) is 7.75. The van der Waals surface area contributed by atoms with E-state index in [-0.39, 0.29) is 33.8 Å². The summed E-state index contributed by atoms with van der Waals surface area (Å²) >= 11 is 0. The summed E-state index contributed by atoms with van der Waals surface area (Å²) in [6, 6.07) is 9.66. The van der Waals surface area contributed by atoms with Crippen molar-refractivity contribution in [3.8, 4) is 11.5 Å². The molecule has 7 heteroatoms. The number of hydrogen-bond donors (Lipinski definition) is 1. The summed E-state index contributed by atoms with van der Waals surface area (Å²) in [4.78, 5) is 13.1. The molecule has 1 N–H and O–H groups in total. The van der Waals surface area contributed by atoms with Gasteiger partial charge >= 0.3 is 16.4 Å². The van der Waals surface area contributed by atoms with E-state index in [1.807, 2.05) is 92.2 Å². The second kappa shape index (κ2) is 10.9. The van der Waals surface area contributed by atoms with Crippen molar-refractivity contribution in [1.29, 1.82) is 0 Å². The summed E-state index contributed by atoms with van der Waals surface area (Å²) in [7, 11) is -4.52. The molecule has 0 fully saturated rings. The molecular formula is C31H47NO5S. The standard InChI is InChI=1S/C31H47NO5S/c1-19(2)22-15-14-16-23(20(3)4)26(22)37-38(34,35)32-28(33)36-27-24(30(8,9)10)17-21(29(5,6)7)18-25(27)31(11,12)13/h14-20H,1-13H3,(H,32,33). The average Bonchev–Trinajstić information content (AvgIpc) is 2.70. The molecule has 0 aliphatic rings. The van der Waals surface area contributed by atoms with E-state index in [1.54, 1.807) is 0 Å². The topological polar surface area (TPSA) is 81.7 Å². The molecule has 0 heterocycles. The van der Waals surface area contributed by atoms with Crippen molar-refractivity contribution < 1.29 is 22.1 Å². The lowest BCUT2D eigenvalue weighted by atomic mass is 9.75. The lowest BCUT2D eigenvalue weighted by Gasteiger charge is -2.32. The number of carbonyl (C=O) groups excluding carboxylic acids is 1. The van der Waals surface area contributed by atoms with Gasteiger partial charge in [-0.2, -0.15) is 13.1 Å². The molecule has 0 atom stereocenters. The van der Waals surface area contributed by atoms with Gasteiger partial charge in [-0.1, -0.05) is 120 Å². The highest BCUT2D eigenvalue weighted by Crippen LogP contribution is 2.43. The van der Waals surface area contributed by atoms with E-state index in [4.69, 9.17) is 8.92 Å². The molecule has 0 spiro atoms. The molecule has 2 aromatic carbocycles. The number of amides is 1. The van der Waals surface area contributed by atoms with Crippen molar-refractivity contribution in [2.75, 3.05) is 0 Å². The van der Waals surface area contributed by atoms with Crippen LogP contribution < -0.4 is 13.6 Å². The van der Waals surface area contributed by atoms with Gasteiger partial charge in [0, 0.05) is 11.1 Å². The molecule has 1 amide bonds. The number of hydrogen-bond acceptors (Lipinski definition) is 5. The van der Waals surface area contributed by atoms with Crippen LogP contribution in [-0.2, 0) is 26.5 Å². The molecule has 2 rings (SSSR count). The SMILES string of the molecule is CC(C)c1cccc(C(C)C)c1OS(=O)(=O)NC(=O)Oc1c(C(C)(C)C)cc(C(C)(C)C)cc1C(C)(C)C. The van der Waals surface area contributed by atoms with Gasteiger partial charge < -0.3 is 8.92 Å². The fourth-order valence-corrected chi connectivity index (χ4v) is 4.91. The van der Waals surface area contributed by atoms with Crippen molar-refractivity contribution >= 4 is 16.4 Å². The Balaban J connectivity index is 2.53. The van der Waals surface area contributed by atoms with Crippen molar-refractivity contribution in [2.45, 2.75) is 118 Å². The maximum absolute atomic E-state index is 13.1. The molecule has 0 saturated carbocycles. The van der Waals surface area contributed by atoms with Crippen LogP contribution in [0.5, 0.6) is 11.5 Å². The Kier molecular flexibility index (Phi) is 9.10. The largest absolute Gasteiger partial charge is 0.429 e. The first-order valence-corrected chi connectivity index (χ1v) is 14.7. The van der Waals surface area contributed by atoms with E-state index in [1.165, 1.54) is 0 Å². The fourth-order valence-electron chi connectivity index (χ4n) is 4.21. The maximum Gasteiger partial charge on any atom is 0.429 e. The molecule has 0 saturated heterocycles. The van der Waals surface area contributed by atoms with Crippen LogP contribution in [0.3, 0.4) is 0 Å². The Morgan fingerprint density at radius 1 is 0.737 bits per heavy atom. The number of ether oxygens (including phenoxy) is 1. The minimum atomic E-state index is -4.52. The lowest BCUT2D eigenvalue weighted by Crippen LogP contribution is -2.37. The van der Waals surface area contributed by atoms with Crippen LogP contribution >= 0.6 is 0 Å². The molecule has 0 aromatic heterocycles. The quantitative estimate of drug-likeness (QED) is 0.395. The van der Waals surface area contributed by atoms with Gasteiger partial charge in [0.1, 0.15) is 5.75 Å². The second-order valence-corrected chi connectivity index (χ2v) is 15.0. The first kappa shape index (κ1) is 31.7. The van der Waals surface area contributed by atoms with Gasteiger partial charge in [-0.15, -0.1) is 0 Å². The van der Waals surface area contributed by atoms with E-state index in [9.17, 15) is 13.2 Å². The molecular weight excluding hydrogens is 498 g/mol. The Labute approximate surface area is 230 Å². The van der Waals surface area contributed by atoms with Crippen LogP contribution in [0.15, 0.2) is 30.3 Å². The van der Waals surface area contributed by atoms with Crippen LogP contribution in [0.1, 0.15) is 130 Å². The molecule has 0 unspecified atom stereocenters. The van der Waals surface area contributed by atoms with E-state index in [0.717, 1.165) is 27.8 Å². The molecule has 212 valence electrons. The number of carbonyl (C=O) groups is 1. The monoisotopic (exact) mass is 545 g/mol. The highest BCUT2D eigenvalue weighted by Gasteiger charge is 2.32. The van der Waals surface area contributed by atoms with Crippen molar-refractivity contribution in [2.24, 2.45) is 0 Å². The summed E-state index contributed by atoms with van der Waals surface area (Å²) in [6.07, 6.45) is -1.11. The van der Waals surface area contributed by atoms with Crippen molar-refractivity contribution in [3.05, 3.63) is 58.1 Å². The zero-order chi connectivity index (χ0) is 29.4. The Hall–Kier alpha value is -2.54. The van der Waals surface area contributed by atoms with Gasteiger partial charge in [0.2, 0.25) is 0 Å². The zero-order valence-corrected chi connectivity index (χ0v) is 26.3. The third-order valence-electron chi connectivity index (χ3n) is 6.49. The predicted octanol–water partition coefficient (Wildman–Crippen LogP) is 8.24. The van der Waals surface area contributed by atoms with Crippen LogP contribution in [0.4, 0.5) is 4.79 Å². The van der Waals surface area contributed by atoms with E-state index >= 15 is 0 Å². The first-order valence-electron chi connectivity index (χ1n) is 13.3. The van der Waals surface area contributed by atoms with Gasteiger partial charge in [0.05, 0.1) is 0 Å². The lowest BCUT2D eigenvalue weighted by molar-refractivity contribution is 0.204. The molecule has 0 radical (unpaired) electrons. The molecule has 6 nitrogen and oxygen atoms in total. The van der Waals surface area contributed by atoms with E-state index in [0.29, 0.717) is 5.75 Å². The highest BCUT2D eigenvalue weighted by atomic mass is 32.2. The van der Waals surface area contributed by atoms with Crippen molar-refractivity contribution in [1.82, 2.24) is 4.72 Å². The Morgan fingerprint density at radius 2 is 1.16 bits per heavy atom. The van der Waals surface area contributed by atoms with Gasteiger partial charge in [-0.3, -0.25) is 0 Å². The van der Waals surface area contributed by atoms with Gasteiger partial charge in [0.15, 0.2) is 5.75 Å². The molecule has 38 heavy (non-hydrogen) atoms. The number of para-hydroxylation sites is 1. The summed E-state index contributed by atoms with van der Waals surface area (Å²) in [5, 5.41) is 0. The van der Waals surface area contributed by atoms with Crippen LogP contribution in [0.25, 0.3) is 0 Å². The van der Waals surface area contributed by atoms with Gasteiger partial charge in [-0.05, 0) is 44.8 Å². The number of nitrogens with one attached hydrogen (secondary N) is 1. The third-order valence-corrected chi connectivity index (χ3v) is 7.29. The number of rotatable bonds is 6. The van der Waals surface area contributed by atoms with Crippen molar-refractivity contribution in [3.63, 3.8) is 0 Å². The Bertz CT molecular complexity index is 1210. The molecule has 0 aliphatic carbocycles. The first-order chi connectivity index (χ1) is 17.0. The van der Waals surface area contributed by atoms with Gasteiger partial charge in [-0.25, -0.2) is 4.79 Å². The van der Waals surface area contributed by atoms with Crippen LogP contribution in [0.2, 0.25) is 0 Å². The minimum absolute atomic E-state index is 0.0240. The summed E-state index contributed by atoms with van der Waals surface area (Å²) in [6.45, 7) is 26.5. The molecule has 0 bridgehead atoms. The van der Waals surface area contributed by atoms with Gasteiger partial charge in [0.25, 0.3) is 0 Å². The summed E-state index contributed by atoms with van der Waals surface area (Å²) in [5.41, 5.74) is 3.41. The minimum Gasteiger partial charge on any atom is -0.409 e. The second-order valence-electron chi connectivity index (χ2n) is 13.8. The average molecular weight is 546 g/mol. The van der Waals surface area contributed by atoms with E-state index < -0.39 is 16.4 Å². The smallest absolute Gasteiger partial charge is 0.409 e. The highest BCUT2D eigenvalue weighted by molar-refractivity contribution is 7.85. The summed E-state index contributed by atoms with van der Waals surface area (Å²) < 4.78 is 39.4. The normalized spacial score (nSPS) is 13.1. The fraction of sp³-hybridized carbons (Fsp3) is 0.581. The predicted molar refractivity (Wildman–Crippen MR) is 156 cm³/mol. The van der Waals surface area contributed by atoms with E-state index in [2.05, 4.69) is 32.9 Å².